The van der Waals surface area contributed by atoms with Crippen LogP contribution in [0.2, 0.25) is 0 Å². The molecule has 0 aliphatic rings. The number of hydrogen-bond donors (Lipinski definition) is 1. The lowest BCUT2D eigenvalue weighted by Crippen LogP contribution is -2.24. The lowest BCUT2D eigenvalue weighted by molar-refractivity contribution is -0.115. The van der Waals surface area contributed by atoms with E-state index in [4.69, 9.17) is 5.73 Å². The van der Waals surface area contributed by atoms with Gasteiger partial charge < -0.3 is 5.73 Å². The van der Waals surface area contributed by atoms with Crippen molar-refractivity contribution >= 4 is 11.9 Å². The quantitative estimate of drug-likeness (QED) is 0.709. The molecule has 13 heavy (non-hydrogen) atoms. The summed E-state index contributed by atoms with van der Waals surface area (Å²) < 4.78 is 0. The minimum atomic E-state index is -0.417. The topological polar surface area (TPSA) is 43.1 Å². The lowest BCUT2D eigenvalue weighted by Gasteiger charge is -1.96. The van der Waals surface area contributed by atoms with Gasteiger partial charge in [-0.15, -0.1) is 0 Å². The molecule has 2 nitrogen and oxygen atoms in total. The maximum absolute atomic E-state index is 11.1. The number of carbonyl (C=O) groups excluding carboxylic acids is 1. The Bertz CT molecular complexity index is 301. The molecule has 2 N–H and O–H groups in total. The first-order valence-corrected chi connectivity index (χ1v) is 4.22. The molecule has 0 aromatic heterocycles. The Morgan fingerprint density at radius 2 is 2.00 bits per heavy atom. The van der Waals surface area contributed by atoms with E-state index in [-0.39, 0.29) is 5.78 Å². The van der Waals surface area contributed by atoms with Crippen LogP contribution in [-0.2, 0) is 4.79 Å². The molecule has 0 saturated heterocycles. The highest BCUT2D eigenvalue weighted by atomic mass is 16.1. The third-order valence-corrected chi connectivity index (χ3v) is 1.69. The highest BCUT2D eigenvalue weighted by Crippen LogP contribution is 2.01. The summed E-state index contributed by atoms with van der Waals surface area (Å²) in [7, 11) is 0. The SMILES string of the molecule is C[C@@H](N)C(=O)/C=C/c1ccccc1. The Morgan fingerprint density at radius 3 is 2.54 bits per heavy atom. The lowest BCUT2D eigenvalue weighted by atomic mass is 10.1. The van der Waals surface area contributed by atoms with Crippen LogP contribution >= 0.6 is 0 Å². The number of hydrogen-bond acceptors (Lipinski definition) is 2. The average molecular weight is 175 g/mol. The van der Waals surface area contributed by atoms with Gasteiger partial charge in [-0.2, -0.15) is 0 Å². The fourth-order valence-electron chi connectivity index (χ4n) is 0.894. The molecule has 0 unspecified atom stereocenters. The average Bonchev–Trinajstić information content (AvgIpc) is 2.15. The standard InChI is InChI=1S/C11H13NO/c1-9(12)11(13)8-7-10-5-3-2-4-6-10/h2-9H,12H2,1H3/b8-7+/t9-/m1/s1. The van der Waals surface area contributed by atoms with Crippen LogP contribution in [0.1, 0.15) is 12.5 Å². The van der Waals surface area contributed by atoms with Gasteiger partial charge in [0.25, 0.3) is 0 Å². The molecule has 0 radical (unpaired) electrons. The fourth-order valence-corrected chi connectivity index (χ4v) is 0.894. The molecular weight excluding hydrogens is 162 g/mol. The third-order valence-electron chi connectivity index (χ3n) is 1.69. The summed E-state index contributed by atoms with van der Waals surface area (Å²) in [6.07, 6.45) is 3.28. The van der Waals surface area contributed by atoms with Gasteiger partial charge in [0.15, 0.2) is 5.78 Å². The zero-order valence-electron chi connectivity index (χ0n) is 7.60. The van der Waals surface area contributed by atoms with Crippen LogP contribution in [0.15, 0.2) is 36.4 Å². The van der Waals surface area contributed by atoms with Gasteiger partial charge in [0.2, 0.25) is 0 Å². The van der Waals surface area contributed by atoms with Crippen molar-refractivity contribution in [3.63, 3.8) is 0 Å². The van der Waals surface area contributed by atoms with E-state index in [0.717, 1.165) is 5.56 Å². The Hall–Kier alpha value is -1.41. The zero-order chi connectivity index (χ0) is 9.68. The van der Waals surface area contributed by atoms with Crippen molar-refractivity contribution in [1.29, 1.82) is 0 Å². The highest BCUT2D eigenvalue weighted by molar-refractivity contribution is 5.97. The number of carbonyl (C=O) groups is 1. The largest absolute Gasteiger partial charge is 0.321 e. The number of nitrogens with two attached hydrogens (primary N) is 1. The molecule has 0 saturated carbocycles. The van der Waals surface area contributed by atoms with Gasteiger partial charge in [0.1, 0.15) is 0 Å². The molecule has 0 fully saturated rings. The zero-order valence-corrected chi connectivity index (χ0v) is 7.60. The molecule has 0 bridgehead atoms. The summed E-state index contributed by atoms with van der Waals surface area (Å²) in [5.41, 5.74) is 6.41. The van der Waals surface area contributed by atoms with Crippen molar-refractivity contribution in [2.75, 3.05) is 0 Å². The summed E-state index contributed by atoms with van der Waals surface area (Å²) >= 11 is 0. The van der Waals surface area contributed by atoms with E-state index in [2.05, 4.69) is 0 Å². The Morgan fingerprint density at radius 1 is 1.38 bits per heavy atom. The van der Waals surface area contributed by atoms with E-state index in [0.29, 0.717) is 0 Å². The van der Waals surface area contributed by atoms with Gasteiger partial charge in [0.05, 0.1) is 6.04 Å². The summed E-state index contributed by atoms with van der Waals surface area (Å²) in [5.74, 6) is -0.0520. The number of benzene rings is 1. The van der Waals surface area contributed by atoms with Crippen LogP contribution in [0.25, 0.3) is 6.08 Å². The second-order valence-corrected chi connectivity index (χ2v) is 2.94. The molecule has 68 valence electrons. The van der Waals surface area contributed by atoms with Gasteiger partial charge >= 0.3 is 0 Å². The summed E-state index contributed by atoms with van der Waals surface area (Å²) in [6, 6.07) is 9.24. The Labute approximate surface area is 78.1 Å². The predicted molar refractivity (Wildman–Crippen MR) is 54.1 cm³/mol. The maximum Gasteiger partial charge on any atom is 0.172 e. The van der Waals surface area contributed by atoms with Crippen LogP contribution in [-0.4, -0.2) is 11.8 Å². The smallest absolute Gasteiger partial charge is 0.172 e. The van der Waals surface area contributed by atoms with Crippen LogP contribution < -0.4 is 5.73 Å². The van der Waals surface area contributed by atoms with E-state index >= 15 is 0 Å². The molecule has 1 aromatic rings. The van der Waals surface area contributed by atoms with Gasteiger partial charge in [-0.3, -0.25) is 4.79 Å². The van der Waals surface area contributed by atoms with Crippen molar-refractivity contribution < 1.29 is 4.79 Å². The second kappa shape index (κ2) is 4.58. The second-order valence-electron chi connectivity index (χ2n) is 2.94. The van der Waals surface area contributed by atoms with E-state index in [9.17, 15) is 4.79 Å². The van der Waals surface area contributed by atoms with E-state index < -0.39 is 6.04 Å². The van der Waals surface area contributed by atoms with Crippen LogP contribution in [0.4, 0.5) is 0 Å². The van der Waals surface area contributed by atoms with Crippen molar-refractivity contribution in [2.24, 2.45) is 5.73 Å². The van der Waals surface area contributed by atoms with Crippen molar-refractivity contribution in [1.82, 2.24) is 0 Å². The minimum absolute atomic E-state index is 0.0520. The third kappa shape index (κ3) is 3.22. The number of rotatable bonds is 3. The molecule has 0 spiro atoms. The van der Waals surface area contributed by atoms with Gasteiger partial charge in [-0.05, 0) is 18.6 Å². The van der Waals surface area contributed by atoms with Crippen molar-refractivity contribution in [3.8, 4) is 0 Å². The first-order valence-electron chi connectivity index (χ1n) is 4.22. The normalized spacial score (nSPS) is 13.1. The first kappa shape index (κ1) is 9.68. The molecule has 0 amide bonds. The van der Waals surface area contributed by atoms with Gasteiger partial charge in [-0.25, -0.2) is 0 Å². The first-order chi connectivity index (χ1) is 6.20. The Kier molecular flexibility index (Phi) is 3.41. The van der Waals surface area contributed by atoms with E-state index in [1.165, 1.54) is 6.08 Å². The molecule has 1 aromatic carbocycles. The van der Waals surface area contributed by atoms with Crippen molar-refractivity contribution in [2.45, 2.75) is 13.0 Å². The van der Waals surface area contributed by atoms with E-state index in [1.54, 1.807) is 13.0 Å². The van der Waals surface area contributed by atoms with Crippen LogP contribution in [0.5, 0.6) is 0 Å². The fraction of sp³-hybridized carbons (Fsp3) is 0.182. The number of ketones is 1. The summed E-state index contributed by atoms with van der Waals surface area (Å²) in [5, 5.41) is 0. The minimum Gasteiger partial charge on any atom is -0.321 e. The molecule has 1 rings (SSSR count). The molecule has 0 aliphatic carbocycles. The summed E-state index contributed by atoms with van der Waals surface area (Å²) in [4.78, 5) is 11.1. The van der Waals surface area contributed by atoms with Crippen LogP contribution in [0.3, 0.4) is 0 Å². The predicted octanol–water partition coefficient (Wildman–Crippen LogP) is 1.62. The van der Waals surface area contributed by atoms with Gasteiger partial charge in [0, 0.05) is 0 Å². The molecule has 1 atom stereocenters. The Balaban J connectivity index is 2.64. The maximum atomic E-state index is 11.1. The molecule has 0 aliphatic heterocycles. The van der Waals surface area contributed by atoms with E-state index in [1.807, 2.05) is 30.3 Å². The highest BCUT2D eigenvalue weighted by Gasteiger charge is 2.00. The molecule has 0 heterocycles. The molecule has 2 heteroatoms. The van der Waals surface area contributed by atoms with Gasteiger partial charge in [-0.1, -0.05) is 36.4 Å². The summed E-state index contributed by atoms with van der Waals surface area (Å²) in [6.45, 7) is 1.68. The van der Waals surface area contributed by atoms with Crippen molar-refractivity contribution in [3.05, 3.63) is 42.0 Å². The van der Waals surface area contributed by atoms with Crippen LogP contribution in [0, 0.1) is 0 Å². The monoisotopic (exact) mass is 175 g/mol. The molecular formula is C11H13NO.